The first-order valence-corrected chi connectivity index (χ1v) is 7.20. The monoisotopic (exact) mass is 289 g/mol. The van der Waals surface area contributed by atoms with Crippen LogP contribution in [-0.2, 0) is 4.74 Å². The molecule has 0 bridgehead atoms. The molecular weight excluding hydrogens is 270 g/mol. The molecule has 21 heavy (non-hydrogen) atoms. The highest BCUT2D eigenvalue weighted by Gasteiger charge is 2.11. The number of rotatable bonds is 5. The highest BCUT2D eigenvalue weighted by molar-refractivity contribution is 5.96. The Bertz CT molecular complexity index is 628. The number of morpholine rings is 1. The van der Waals surface area contributed by atoms with E-state index in [0.29, 0.717) is 18.0 Å². The molecule has 2 heterocycles. The third kappa shape index (κ3) is 3.43. The van der Waals surface area contributed by atoms with Crippen LogP contribution in [0.4, 0.5) is 0 Å². The average molecular weight is 289 g/mol. The Kier molecular flexibility index (Phi) is 4.22. The van der Waals surface area contributed by atoms with Gasteiger partial charge in [0.1, 0.15) is 17.9 Å². The molecule has 112 valence electrons. The molecule has 0 saturated carbocycles. The van der Waals surface area contributed by atoms with Gasteiger partial charge >= 0.3 is 0 Å². The lowest BCUT2D eigenvalue weighted by Gasteiger charge is -2.26. The fraction of sp³-hybridized carbons (Fsp3) is 0.438. The summed E-state index contributed by atoms with van der Waals surface area (Å²) < 4.78 is 16.5. The van der Waals surface area contributed by atoms with Crippen LogP contribution in [0.15, 0.2) is 28.7 Å². The second-order valence-corrected chi connectivity index (χ2v) is 5.17. The normalized spacial score (nSPS) is 16.2. The lowest BCUT2D eigenvalue weighted by Crippen LogP contribution is -2.38. The molecule has 2 aromatic rings. The lowest BCUT2D eigenvalue weighted by molar-refractivity contribution is 0.0322. The van der Waals surface area contributed by atoms with Crippen molar-refractivity contribution in [2.24, 2.45) is 0 Å². The van der Waals surface area contributed by atoms with E-state index in [4.69, 9.17) is 13.9 Å². The van der Waals surface area contributed by atoms with E-state index in [1.165, 1.54) is 6.92 Å². The van der Waals surface area contributed by atoms with Gasteiger partial charge in [-0.3, -0.25) is 9.69 Å². The summed E-state index contributed by atoms with van der Waals surface area (Å²) in [6, 6.07) is 7.37. The van der Waals surface area contributed by atoms with Gasteiger partial charge < -0.3 is 13.9 Å². The van der Waals surface area contributed by atoms with Crippen molar-refractivity contribution in [3.63, 3.8) is 0 Å². The van der Waals surface area contributed by atoms with E-state index in [1.807, 2.05) is 18.2 Å². The highest BCUT2D eigenvalue weighted by atomic mass is 16.5. The Morgan fingerprint density at radius 3 is 2.86 bits per heavy atom. The number of ketones is 1. The second kappa shape index (κ2) is 6.28. The van der Waals surface area contributed by atoms with Gasteiger partial charge in [-0.15, -0.1) is 0 Å². The van der Waals surface area contributed by atoms with E-state index in [9.17, 15) is 4.79 Å². The van der Waals surface area contributed by atoms with E-state index in [1.54, 1.807) is 6.07 Å². The van der Waals surface area contributed by atoms with Crippen molar-refractivity contribution < 1.29 is 18.7 Å². The molecule has 0 atom stereocenters. The van der Waals surface area contributed by atoms with Gasteiger partial charge in [0, 0.05) is 31.9 Å². The summed E-state index contributed by atoms with van der Waals surface area (Å²) in [7, 11) is 0. The average Bonchev–Trinajstić information content (AvgIpc) is 2.92. The summed E-state index contributed by atoms with van der Waals surface area (Å²) in [5.74, 6) is 1.11. The Morgan fingerprint density at radius 2 is 2.10 bits per heavy atom. The highest BCUT2D eigenvalue weighted by Crippen LogP contribution is 2.24. The van der Waals surface area contributed by atoms with E-state index < -0.39 is 0 Å². The van der Waals surface area contributed by atoms with E-state index in [0.717, 1.165) is 44.0 Å². The fourth-order valence-electron chi connectivity index (χ4n) is 2.40. The minimum absolute atomic E-state index is 0.0685. The Labute approximate surface area is 123 Å². The van der Waals surface area contributed by atoms with Gasteiger partial charge in [-0.1, -0.05) is 0 Å². The lowest BCUT2D eigenvalue weighted by atomic mass is 10.2. The molecule has 0 unspecified atom stereocenters. The standard InChI is InChI=1S/C16H19NO4/c1-12(18)16-11-13-10-14(2-3-15(13)21-16)20-9-6-17-4-7-19-8-5-17/h2-3,10-11H,4-9H2,1H3. The molecule has 1 aromatic carbocycles. The zero-order valence-electron chi connectivity index (χ0n) is 12.1. The number of carbonyl (C=O) groups excluding carboxylic acids is 1. The van der Waals surface area contributed by atoms with Crippen LogP contribution in [0, 0.1) is 0 Å². The first kappa shape index (κ1) is 14.1. The molecule has 1 aliphatic rings. The maximum Gasteiger partial charge on any atom is 0.194 e. The van der Waals surface area contributed by atoms with Crippen molar-refractivity contribution in [1.29, 1.82) is 0 Å². The first-order valence-electron chi connectivity index (χ1n) is 7.20. The number of nitrogens with zero attached hydrogens (tertiary/aromatic N) is 1. The molecular formula is C16H19NO4. The van der Waals surface area contributed by atoms with Gasteiger partial charge in [-0.05, 0) is 24.3 Å². The molecule has 1 fully saturated rings. The van der Waals surface area contributed by atoms with Crippen molar-refractivity contribution in [1.82, 2.24) is 4.90 Å². The number of ether oxygens (including phenoxy) is 2. The maximum absolute atomic E-state index is 11.3. The smallest absolute Gasteiger partial charge is 0.194 e. The Balaban J connectivity index is 1.60. The number of benzene rings is 1. The quantitative estimate of drug-likeness (QED) is 0.791. The van der Waals surface area contributed by atoms with E-state index in [2.05, 4.69) is 4.90 Å². The number of Topliss-reactive ketones (excluding diaryl/α,β-unsaturated/α-hetero) is 1. The molecule has 1 aromatic heterocycles. The topological polar surface area (TPSA) is 51.9 Å². The number of hydrogen-bond acceptors (Lipinski definition) is 5. The number of fused-ring (bicyclic) bond motifs is 1. The number of carbonyl (C=O) groups is 1. The summed E-state index contributed by atoms with van der Waals surface area (Å²) in [4.78, 5) is 13.6. The molecule has 1 aliphatic heterocycles. The van der Waals surface area contributed by atoms with Crippen molar-refractivity contribution in [3.05, 3.63) is 30.0 Å². The maximum atomic E-state index is 11.3. The first-order chi connectivity index (χ1) is 10.2. The van der Waals surface area contributed by atoms with Crippen LogP contribution < -0.4 is 4.74 Å². The van der Waals surface area contributed by atoms with Gasteiger partial charge in [0.05, 0.1) is 13.2 Å². The molecule has 0 amide bonds. The van der Waals surface area contributed by atoms with Crippen LogP contribution >= 0.6 is 0 Å². The molecule has 3 rings (SSSR count). The van der Waals surface area contributed by atoms with Crippen LogP contribution in [0.2, 0.25) is 0 Å². The Hall–Kier alpha value is -1.85. The fourth-order valence-corrected chi connectivity index (χ4v) is 2.40. The van der Waals surface area contributed by atoms with Gasteiger partial charge in [0.25, 0.3) is 0 Å². The number of hydrogen-bond donors (Lipinski definition) is 0. The minimum Gasteiger partial charge on any atom is -0.492 e. The van der Waals surface area contributed by atoms with Crippen LogP contribution in [-0.4, -0.2) is 50.1 Å². The Morgan fingerprint density at radius 1 is 1.29 bits per heavy atom. The molecule has 0 spiro atoms. The zero-order chi connectivity index (χ0) is 14.7. The van der Waals surface area contributed by atoms with Crippen molar-refractivity contribution in [2.45, 2.75) is 6.92 Å². The van der Waals surface area contributed by atoms with E-state index in [-0.39, 0.29) is 5.78 Å². The van der Waals surface area contributed by atoms with Crippen LogP contribution in [0.1, 0.15) is 17.5 Å². The van der Waals surface area contributed by atoms with E-state index >= 15 is 0 Å². The van der Waals surface area contributed by atoms with Crippen molar-refractivity contribution >= 4 is 16.8 Å². The van der Waals surface area contributed by atoms with Crippen LogP contribution in [0.25, 0.3) is 11.0 Å². The van der Waals surface area contributed by atoms with Crippen molar-refractivity contribution in [3.8, 4) is 5.75 Å². The minimum atomic E-state index is -0.0685. The summed E-state index contributed by atoms with van der Waals surface area (Å²) in [6.07, 6.45) is 0. The third-order valence-corrected chi connectivity index (χ3v) is 3.61. The predicted octanol–water partition coefficient (Wildman–Crippen LogP) is 2.35. The third-order valence-electron chi connectivity index (χ3n) is 3.61. The second-order valence-electron chi connectivity index (χ2n) is 5.17. The predicted molar refractivity (Wildman–Crippen MR) is 79.0 cm³/mol. The van der Waals surface area contributed by atoms with Gasteiger partial charge in [0.2, 0.25) is 0 Å². The SMILES string of the molecule is CC(=O)c1cc2cc(OCCN3CCOCC3)ccc2o1. The van der Waals surface area contributed by atoms with Gasteiger partial charge in [0.15, 0.2) is 11.5 Å². The summed E-state index contributed by atoms with van der Waals surface area (Å²) in [6.45, 7) is 6.56. The largest absolute Gasteiger partial charge is 0.492 e. The molecule has 5 heteroatoms. The molecule has 0 N–H and O–H groups in total. The number of furan rings is 1. The van der Waals surface area contributed by atoms with Crippen LogP contribution in [0.5, 0.6) is 5.75 Å². The summed E-state index contributed by atoms with van der Waals surface area (Å²) >= 11 is 0. The summed E-state index contributed by atoms with van der Waals surface area (Å²) in [5.41, 5.74) is 0.709. The van der Waals surface area contributed by atoms with Crippen molar-refractivity contribution in [2.75, 3.05) is 39.5 Å². The molecule has 1 saturated heterocycles. The zero-order valence-corrected chi connectivity index (χ0v) is 12.1. The van der Waals surface area contributed by atoms with Gasteiger partial charge in [-0.25, -0.2) is 0 Å². The summed E-state index contributed by atoms with van der Waals surface area (Å²) in [5, 5.41) is 0.893. The molecule has 5 nitrogen and oxygen atoms in total. The van der Waals surface area contributed by atoms with Gasteiger partial charge in [-0.2, -0.15) is 0 Å². The molecule has 0 aliphatic carbocycles. The van der Waals surface area contributed by atoms with Crippen LogP contribution in [0.3, 0.4) is 0 Å². The molecule has 0 radical (unpaired) electrons.